The molecule has 2 aromatic heterocycles. The minimum Gasteiger partial charge on any atom is -0.347 e. The van der Waals surface area contributed by atoms with E-state index < -0.39 is 10.2 Å². The zero-order valence-corrected chi connectivity index (χ0v) is 15.7. The molecule has 3 rings (SSSR count). The van der Waals surface area contributed by atoms with Crippen LogP contribution in [0.3, 0.4) is 0 Å². The summed E-state index contributed by atoms with van der Waals surface area (Å²) in [6.07, 6.45) is 1.57. The number of nitrogens with one attached hydrogen (secondary N) is 3. The van der Waals surface area contributed by atoms with Crippen molar-refractivity contribution in [3.63, 3.8) is 0 Å². The van der Waals surface area contributed by atoms with Gasteiger partial charge in [-0.2, -0.15) is 22.5 Å². The van der Waals surface area contributed by atoms with Crippen molar-refractivity contribution in [1.29, 1.82) is 0 Å². The number of amides is 1. The van der Waals surface area contributed by atoms with Crippen molar-refractivity contribution in [3.8, 4) is 0 Å². The number of rotatable bonds is 7. The maximum Gasteiger partial charge on any atom is 0.279 e. The number of pyridine rings is 1. The normalized spacial score (nSPS) is 11.8. The first-order valence-electron chi connectivity index (χ1n) is 8.19. The largest absolute Gasteiger partial charge is 0.347 e. The molecular weight excluding hydrogens is 368 g/mol. The lowest BCUT2D eigenvalue weighted by Gasteiger charge is -2.12. The van der Waals surface area contributed by atoms with Crippen LogP contribution in [0.25, 0.3) is 10.9 Å². The van der Waals surface area contributed by atoms with Gasteiger partial charge in [-0.3, -0.25) is 14.9 Å². The third-order valence-electron chi connectivity index (χ3n) is 3.94. The van der Waals surface area contributed by atoms with Crippen molar-refractivity contribution in [2.24, 2.45) is 0 Å². The molecule has 0 fully saturated rings. The average Bonchev–Trinajstić information content (AvgIpc) is 3.09. The van der Waals surface area contributed by atoms with Gasteiger partial charge >= 0.3 is 0 Å². The molecule has 142 valence electrons. The number of nitrogens with zero attached hydrogens (tertiary/aromatic N) is 3. The Labute approximate surface area is 157 Å². The lowest BCUT2D eigenvalue weighted by molar-refractivity contribution is 0.0947. The van der Waals surface area contributed by atoms with Crippen molar-refractivity contribution >= 4 is 27.0 Å². The predicted molar refractivity (Wildman–Crippen MR) is 101 cm³/mol. The minimum absolute atomic E-state index is 0.0618. The zero-order valence-electron chi connectivity index (χ0n) is 14.9. The molecule has 27 heavy (non-hydrogen) atoms. The molecule has 9 nitrogen and oxygen atoms in total. The third-order valence-corrected chi connectivity index (χ3v) is 5.41. The molecule has 0 saturated heterocycles. The second kappa shape index (κ2) is 7.82. The van der Waals surface area contributed by atoms with Crippen LogP contribution in [-0.4, -0.2) is 47.9 Å². The Hall–Kier alpha value is -2.82. The maximum absolute atomic E-state index is 12.4. The molecule has 0 atom stereocenters. The number of benzene rings is 1. The summed E-state index contributed by atoms with van der Waals surface area (Å²) in [7, 11) is -0.634. The van der Waals surface area contributed by atoms with Gasteiger partial charge < -0.3 is 5.32 Å². The van der Waals surface area contributed by atoms with Crippen molar-refractivity contribution in [2.75, 3.05) is 14.1 Å². The number of carbonyl (C=O) groups is 1. The summed E-state index contributed by atoms with van der Waals surface area (Å²) in [6, 6.07) is 10.9. The number of para-hydroxylation sites is 1. The van der Waals surface area contributed by atoms with Crippen molar-refractivity contribution in [1.82, 2.24) is 29.5 Å². The second-order valence-electron chi connectivity index (χ2n) is 6.06. The van der Waals surface area contributed by atoms with Gasteiger partial charge in [-0.05, 0) is 23.8 Å². The molecule has 0 saturated carbocycles. The fourth-order valence-corrected chi connectivity index (χ4v) is 3.02. The average molecular weight is 388 g/mol. The van der Waals surface area contributed by atoms with E-state index in [4.69, 9.17) is 0 Å². The first-order valence-corrected chi connectivity index (χ1v) is 9.63. The topological polar surface area (TPSA) is 120 Å². The van der Waals surface area contributed by atoms with Gasteiger partial charge in [0.25, 0.3) is 16.1 Å². The molecule has 0 aliphatic heterocycles. The summed E-state index contributed by atoms with van der Waals surface area (Å²) in [6.45, 7) is 0.336. The van der Waals surface area contributed by atoms with Gasteiger partial charge in [0.15, 0.2) is 5.69 Å². The van der Waals surface area contributed by atoms with Crippen LogP contribution in [0.15, 0.2) is 42.6 Å². The van der Waals surface area contributed by atoms with Gasteiger partial charge in [0.05, 0.1) is 17.8 Å². The van der Waals surface area contributed by atoms with Crippen LogP contribution in [0.2, 0.25) is 0 Å². The molecule has 0 spiro atoms. The number of fused-ring (bicyclic) bond motifs is 1. The quantitative estimate of drug-likeness (QED) is 0.553. The highest BCUT2D eigenvalue weighted by molar-refractivity contribution is 7.87. The van der Waals surface area contributed by atoms with E-state index in [1.165, 1.54) is 14.1 Å². The molecule has 10 heteroatoms. The Kier molecular flexibility index (Phi) is 5.49. The highest BCUT2D eigenvalue weighted by atomic mass is 32.2. The van der Waals surface area contributed by atoms with Crippen molar-refractivity contribution < 1.29 is 13.2 Å². The predicted octanol–water partition coefficient (Wildman–Crippen LogP) is 0.784. The van der Waals surface area contributed by atoms with Crippen molar-refractivity contribution in [3.05, 3.63) is 59.5 Å². The van der Waals surface area contributed by atoms with Crippen LogP contribution in [-0.2, 0) is 23.3 Å². The molecule has 0 unspecified atom stereocenters. The number of aromatic nitrogens is 3. The molecule has 0 radical (unpaired) electrons. The summed E-state index contributed by atoms with van der Waals surface area (Å²) in [5.74, 6) is -0.292. The molecule has 1 amide bonds. The lowest BCUT2D eigenvalue weighted by Crippen LogP contribution is -2.35. The molecular formula is C17H20N6O3S. The van der Waals surface area contributed by atoms with Gasteiger partial charge in [0.2, 0.25) is 0 Å². The van der Waals surface area contributed by atoms with Gasteiger partial charge in [0.1, 0.15) is 0 Å². The van der Waals surface area contributed by atoms with E-state index >= 15 is 0 Å². The maximum atomic E-state index is 12.4. The Morgan fingerprint density at radius 3 is 2.74 bits per heavy atom. The van der Waals surface area contributed by atoms with Crippen LogP contribution < -0.4 is 10.0 Å². The number of hydrogen-bond donors (Lipinski definition) is 3. The molecule has 3 aromatic rings. The van der Waals surface area contributed by atoms with Crippen LogP contribution in [0.1, 0.15) is 21.7 Å². The van der Waals surface area contributed by atoms with E-state index in [2.05, 4.69) is 25.2 Å². The summed E-state index contributed by atoms with van der Waals surface area (Å²) in [5, 5.41) is 10.5. The highest BCUT2D eigenvalue weighted by Crippen LogP contribution is 2.15. The fourth-order valence-electron chi connectivity index (χ4n) is 2.43. The Morgan fingerprint density at radius 2 is 1.96 bits per heavy atom. The molecule has 3 N–H and O–H groups in total. The van der Waals surface area contributed by atoms with E-state index in [-0.39, 0.29) is 19.0 Å². The number of aromatic amines is 1. The van der Waals surface area contributed by atoms with Gasteiger partial charge in [-0.1, -0.05) is 18.2 Å². The molecule has 0 aliphatic rings. The van der Waals surface area contributed by atoms with Crippen LogP contribution in [0, 0.1) is 0 Å². The SMILES string of the molecule is CN(C)S(=O)(=O)NCc1cc(CNC(=O)c2n[nH]c3ccccc23)ccn1. The van der Waals surface area contributed by atoms with E-state index in [0.717, 1.165) is 20.8 Å². The number of H-pyrrole nitrogens is 1. The lowest BCUT2D eigenvalue weighted by atomic mass is 10.2. The number of carbonyl (C=O) groups excluding carboxylic acids is 1. The Morgan fingerprint density at radius 1 is 1.19 bits per heavy atom. The molecule has 2 heterocycles. The second-order valence-corrected chi connectivity index (χ2v) is 8.03. The van der Waals surface area contributed by atoms with E-state index in [1.807, 2.05) is 24.3 Å². The van der Waals surface area contributed by atoms with Gasteiger partial charge in [-0.25, -0.2) is 0 Å². The van der Waals surface area contributed by atoms with E-state index in [9.17, 15) is 13.2 Å². The van der Waals surface area contributed by atoms with Crippen molar-refractivity contribution in [2.45, 2.75) is 13.1 Å². The molecule has 0 aliphatic carbocycles. The molecule has 0 bridgehead atoms. The van der Waals surface area contributed by atoms with E-state index in [0.29, 0.717) is 11.4 Å². The van der Waals surface area contributed by atoms with Crippen LogP contribution >= 0.6 is 0 Å². The summed E-state index contributed by atoms with van der Waals surface area (Å²) in [4.78, 5) is 16.5. The monoisotopic (exact) mass is 388 g/mol. The van der Waals surface area contributed by atoms with Gasteiger partial charge in [0, 0.05) is 32.2 Å². The minimum atomic E-state index is -3.52. The van der Waals surface area contributed by atoms with Crippen LogP contribution in [0.4, 0.5) is 0 Å². The van der Waals surface area contributed by atoms with Gasteiger partial charge in [-0.15, -0.1) is 0 Å². The smallest absolute Gasteiger partial charge is 0.279 e. The summed E-state index contributed by atoms with van der Waals surface area (Å²) in [5.41, 5.74) is 2.48. The zero-order chi connectivity index (χ0) is 19.4. The summed E-state index contributed by atoms with van der Waals surface area (Å²) >= 11 is 0. The Bertz CT molecular complexity index is 1060. The standard InChI is InChI=1S/C17H20N6O3S/c1-23(2)27(25,26)20-11-13-9-12(7-8-18-13)10-19-17(24)16-14-5-3-4-6-15(14)21-22-16/h3-9,20H,10-11H2,1-2H3,(H,19,24)(H,21,22). The van der Waals surface area contributed by atoms with E-state index in [1.54, 1.807) is 18.3 Å². The third kappa shape index (κ3) is 4.48. The number of hydrogen-bond acceptors (Lipinski definition) is 5. The Balaban J connectivity index is 1.64. The first-order chi connectivity index (χ1) is 12.9. The first kappa shape index (κ1) is 19.0. The highest BCUT2D eigenvalue weighted by Gasteiger charge is 2.14. The fraction of sp³-hybridized carbons (Fsp3) is 0.235. The van der Waals surface area contributed by atoms with Crippen LogP contribution in [0.5, 0.6) is 0 Å². The molecule has 1 aromatic carbocycles. The summed E-state index contributed by atoms with van der Waals surface area (Å²) < 4.78 is 27.1.